The van der Waals surface area contributed by atoms with Gasteiger partial charge in [-0.05, 0) is 50.9 Å². The van der Waals surface area contributed by atoms with Gasteiger partial charge in [0, 0.05) is 31.8 Å². The number of nitrogens with one attached hydrogen (secondary N) is 1. The third kappa shape index (κ3) is 2.84. The molecule has 0 amide bonds. The van der Waals surface area contributed by atoms with Gasteiger partial charge in [0.15, 0.2) is 0 Å². The molecule has 1 N–H and O–H groups in total. The number of likely N-dealkylation sites (tertiary alicyclic amines) is 1. The number of para-hydroxylation sites is 1. The van der Waals surface area contributed by atoms with Crippen LogP contribution in [0, 0.1) is 0 Å². The first-order valence-corrected chi connectivity index (χ1v) is 7.80. The Morgan fingerprint density at radius 3 is 3.10 bits per heavy atom. The molecule has 2 heterocycles. The van der Waals surface area contributed by atoms with Gasteiger partial charge in [0.1, 0.15) is 0 Å². The van der Waals surface area contributed by atoms with Crippen LogP contribution >= 0.6 is 0 Å². The summed E-state index contributed by atoms with van der Waals surface area (Å²) in [5.41, 5.74) is 2.89. The van der Waals surface area contributed by atoms with Gasteiger partial charge in [-0.2, -0.15) is 0 Å². The van der Waals surface area contributed by atoms with Gasteiger partial charge in [-0.15, -0.1) is 0 Å². The zero-order valence-electron chi connectivity index (χ0n) is 12.7. The number of hydrogen-bond donors (Lipinski definition) is 1. The lowest BCUT2D eigenvalue weighted by molar-refractivity contribution is -0.0509. The molecule has 2 unspecified atom stereocenters. The van der Waals surface area contributed by atoms with E-state index in [1.54, 1.807) is 0 Å². The maximum atomic E-state index is 5.68. The molecule has 0 saturated carbocycles. The number of nitrogens with zero attached hydrogens (tertiary/aromatic N) is 1. The van der Waals surface area contributed by atoms with E-state index in [0.29, 0.717) is 5.92 Å². The van der Waals surface area contributed by atoms with Crippen molar-refractivity contribution in [3.63, 3.8) is 0 Å². The molecule has 0 aromatic heterocycles. The van der Waals surface area contributed by atoms with Crippen molar-refractivity contribution in [2.75, 3.05) is 38.6 Å². The van der Waals surface area contributed by atoms with E-state index in [4.69, 9.17) is 4.74 Å². The molecule has 2 aliphatic rings. The largest absolute Gasteiger partial charge is 0.384 e. The maximum absolute atomic E-state index is 5.68. The standard InChI is InChI=1S/C17H26N2O/c1-17(20-2)9-5-10-19(13-17)11-8-14-12-18-16-7-4-3-6-15(14)16/h3-4,6-7,14,18H,5,8-13H2,1-2H3. The quantitative estimate of drug-likeness (QED) is 0.913. The monoisotopic (exact) mass is 274 g/mol. The van der Waals surface area contributed by atoms with Crippen molar-refractivity contribution in [1.82, 2.24) is 4.90 Å². The van der Waals surface area contributed by atoms with Crippen LogP contribution in [0.5, 0.6) is 0 Å². The predicted molar refractivity (Wildman–Crippen MR) is 83.4 cm³/mol. The Hall–Kier alpha value is -1.06. The molecule has 2 atom stereocenters. The lowest BCUT2D eigenvalue weighted by Gasteiger charge is -2.39. The van der Waals surface area contributed by atoms with Crippen LogP contribution in [0.15, 0.2) is 24.3 Å². The Balaban J connectivity index is 1.56. The van der Waals surface area contributed by atoms with Crippen molar-refractivity contribution in [3.05, 3.63) is 29.8 Å². The minimum atomic E-state index is 0.0596. The van der Waals surface area contributed by atoms with Crippen LogP contribution in [-0.2, 0) is 4.74 Å². The molecule has 20 heavy (non-hydrogen) atoms. The van der Waals surface area contributed by atoms with Crippen molar-refractivity contribution >= 4 is 5.69 Å². The van der Waals surface area contributed by atoms with Gasteiger partial charge >= 0.3 is 0 Å². The molecular formula is C17H26N2O. The van der Waals surface area contributed by atoms with Crippen LogP contribution in [-0.4, -0.2) is 43.8 Å². The molecule has 0 aliphatic carbocycles. The van der Waals surface area contributed by atoms with E-state index in [-0.39, 0.29) is 5.60 Å². The lowest BCUT2D eigenvalue weighted by Crippen LogP contribution is -2.47. The minimum Gasteiger partial charge on any atom is -0.384 e. The van der Waals surface area contributed by atoms with E-state index in [2.05, 4.69) is 41.4 Å². The molecule has 1 aromatic rings. The number of piperidine rings is 1. The Bertz CT molecular complexity index is 462. The lowest BCUT2D eigenvalue weighted by atomic mass is 9.93. The minimum absolute atomic E-state index is 0.0596. The predicted octanol–water partition coefficient (Wildman–Crippen LogP) is 3.09. The Morgan fingerprint density at radius 2 is 2.25 bits per heavy atom. The average molecular weight is 274 g/mol. The van der Waals surface area contributed by atoms with Crippen molar-refractivity contribution in [2.24, 2.45) is 0 Å². The Kier molecular flexibility index (Phi) is 3.99. The number of rotatable bonds is 4. The molecule has 110 valence electrons. The molecule has 1 aromatic carbocycles. The number of fused-ring (bicyclic) bond motifs is 1. The molecule has 3 rings (SSSR count). The fourth-order valence-corrected chi connectivity index (χ4v) is 3.62. The Labute approximate surface area is 122 Å². The SMILES string of the molecule is COC1(C)CCCN(CCC2CNc3ccccc32)C1. The van der Waals surface area contributed by atoms with E-state index in [0.717, 1.165) is 13.1 Å². The zero-order valence-corrected chi connectivity index (χ0v) is 12.7. The molecule has 3 heteroatoms. The van der Waals surface area contributed by atoms with E-state index in [9.17, 15) is 0 Å². The van der Waals surface area contributed by atoms with Crippen LogP contribution in [0.1, 0.15) is 37.7 Å². The average Bonchev–Trinajstić information content (AvgIpc) is 2.89. The second-order valence-corrected chi connectivity index (χ2v) is 6.49. The summed E-state index contributed by atoms with van der Waals surface area (Å²) in [6.07, 6.45) is 3.68. The van der Waals surface area contributed by atoms with Gasteiger partial charge in [0.25, 0.3) is 0 Å². The van der Waals surface area contributed by atoms with E-state index in [1.807, 2.05) is 7.11 Å². The van der Waals surface area contributed by atoms with Gasteiger partial charge in [0.05, 0.1) is 5.60 Å². The summed E-state index contributed by atoms with van der Waals surface area (Å²) in [4.78, 5) is 2.58. The summed E-state index contributed by atoms with van der Waals surface area (Å²) in [5.74, 6) is 0.668. The van der Waals surface area contributed by atoms with Crippen LogP contribution < -0.4 is 5.32 Å². The summed E-state index contributed by atoms with van der Waals surface area (Å²) in [6.45, 7) is 6.81. The topological polar surface area (TPSA) is 24.5 Å². The molecule has 2 aliphatic heterocycles. The number of hydrogen-bond acceptors (Lipinski definition) is 3. The number of anilines is 1. The fourth-order valence-electron chi connectivity index (χ4n) is 3.62. The third-order valence-electron chi connectivity index (χ3n) is 4.96. The molecule has 0 bridgehead atoms. The zero-order chi connectivity index (χ0) is 14.0. The Morgan fingerprint density at radius 1 is 1.40 bits per heavy atom. The number of benzene rings is 1. The van der Waals surface area contributed by atoms with Gasteiger partial charge in [-0.3, -0.25) is 0 Å². The first-order chi connectivity index (χ1) is 9.70. The first-order valence-electron chi connectivity index (χ1n) is 7.80. The van der Waals surface area contributed by atoms with Crippen molar-refractivity contribution in [3.8, 4) is 0 Å². The summed E-state index contributed by atoms with van der Waals surface area (Å²) >= 11 is 0. The van der Waals surface area contributed by atoms with Crippen LogP contribution in [0.25, 0.3) is 0 Å². The van der Waals surface area contributed by atoms with Crippen LogP contribution in [0.2, 0.25) is 0 Å². The summed E-state index contributed by atoms with van der Waals surface area (Å²) in [5, 5.41) is 3.52. The molecule has 1 saturated heterocycles. The summed E-state index contributed by atoms with van der Waals surface area (Å²) < 4.78 is 5.68. The summed E-state index contributed by atoms with van der Waals surface area (Å²) in [6, 6.07) is 8.73. The maximum Gasteiger partial charge on any atom is 0.0777 e. The van der Waals surface area contributed by atoms with Gasteiger partial charge in [-0.25, -0.2) is 0 Å². The number of ether oxygens (including phenoxy) is 1. The highest BCUT2D eigenvalue weighted by atomic mass is 16.5. The molecule has 1 fully saturated rings. The van der Waals surface area contributed by atoms with E-state index < -0.39 is 0 Å². The molecule has 0 spiro atoms. The smallest absolute Gasteiger partial charge is 0.0777 e. The highest BCUT2D eigenvalue weighted by Gasteiger charge is 2.31. The van der Waals surface area contributed by atoms with E-state index in [1.165, 1.54) is 43.6 Å². The highest BCUT2D eigenvalue weighted by Crippen LogP contribution is 2.33. The second-order valence-electron chi connectivity index (χ2n) is 6.49. The molecule has 0 radical (unpaired) electrons. The third-order valence-corrected chi connectivity index (χ3v) is 4.96. The van der Waals surface area contributed by atoms with Crippen LogP contribution in [0.4, 0.5) is 5.69 Å². The van der Waals surface area contributed by atoms with Gasteiger partial charge < -0.3 is 15.0 Å². The number of methoxy groups -OCH3 is 1. The van der Waals surface area contributed by atoms with Crippen molar-refractivity contribution in [2.45, 2.75) is 37.7 Å². The van der Waals surface area contributed by atoms with Crippen molar-refractivity contribution < 1.29 is 4.74 Å². The highest BCUT2D eigenvalue weighted by molar-refractivity contribution is 5.57. The van der Waals surface area contributed by atoms with Crippen LogP contribution in [0.3, 0.4) is 0 Å². The first kappa shape index (κ1) is 13.9. The van der Waals surface area contributed by atoms with E-state index >= 15 is 0 Å². The van der Waals surface area contributed by atoms with Crippen molar-refractivity contribution in [1.29, 1.82) is 0 Å². The normalized spacial score (nSPS) is 30.0. The molecule has 3 nitrogen and oxygen atoms in total. The molecular weight excluding hydrogens is 248 g/mol. The fraction of sp³-hybridized carbons (Fsp3) is 0.647. The van der Waals surface area contributed by atoms with Gasteiger partial charge in [0.2, 0.25) is 0 Å². The summed E-state index contributed by atoms with van der Waals surface area (Å²) in [7, 11) is 1.85. The van der Waals surface area contributed by atoms with Gasteiger partial charge in [-0.1, -0.05) is 18.2 Å². The second kappa shape index (κ2) is 5.74.